The number of ether oxygens (including phenoxy) is 2. The van der Waals surface area contributed by atoms with Crippen molar-refractivity contribution in [3.05, 3.63) is 28.3 Å². The molecule has 0 spiro atoms. The molecule has 0 fully saturated rings. The molecule has 9 heteroatoms. The Morgan fingerprint density at radius 1 is 1.36 bits per heavy atom. The van der Waals surface area contributed by atoms with E-state index in [9.17, 15) is 9.59 Å². The molecule has 0 saturated heterocycles. The van der Waals surface area contributed by atoms with Gasteiger partial charge in [0.25, 0.3) is 0 Å². The standard InChI is InChI=1S/C19H28N4O5/c1-5-6-10-28-16-15(19(26)27-4)21-17-14(20-8-7-9-24)11-13(22(2)3)12-23(17)18(16)25/h11-12,20,24H,5-10H2,1-4H3. The minimum atomic E-state index is -0.732. The van der Waals surface area contributed by atoms with Crippen LogP contribution in [0.25, 0.3) is 5.65 Å². The van der Waals surface area contributed by atoms with Crippen LogP contribution in [0, 0.1) is 0 Å². The minimum Gasteiger partial charge on any atom is -0.486 e. The van der Waals surface area contributed by atoms with Crippen molar-refractivity contribution in [2.75, 3.05) is 51.2 Å². The van der Waals surface area contributed by atoms with Crippen molar-refractivity contribution < 1.29 is 19.4 Å². The zero-order valence-corrected chi connectivity index (χ0v) is 16.8. The Balaban J connectivity index is 2.70. The second-order valence-electron chi connectivity index (χ2n) is 6.49. The Kier molecular flexibility index (Phi) is 7.62. The van der Waals surface area contributed by atoms with E-state index in [2.05, 4.69) is 10.3 Å². The van der Waals surface area contributed by atoms with Crippen molar-refractivity contribution in [1.29, 1.82) is 0 Å². The summed E-state index contributed by atoms with van der Waals surface area (Å²) in [5, 5.41) is 12.2. The van der Waals surface area contributed by atoms with E-state index < -0.39 is 11.5 Å². The minimum absolute atomic E-state index is 0.0362. The molecular weight excluding hydrogens is 364 g/mol. The molecule has 0 aromatic carbocycles. The van der Waals surface area contributed by atoms with E-state index in [1.165, 1.54) is 11.5 Å². The van der Waals surface area contributed by atoms with Gasteiger partial charge in [0.15, 0.2) is 11.3 Å². The van der Waals surface area contributed by atoms with E-state index in [1.807, 2.05) is 32.0 Å². The molecule has 0 radical (unpaired) electrons. The summed E-state index contributed by atoms with van der Waals surface area (Å²) in [6, 6.07) is 1.83. The van der Waals surface area contributed by atoms with Crippen molar-refractivity contribution in [3.8, 4) is 5.75 Å². The maximum absolute atomic E-state index is 13.1. The van der Waals surface area contributed by atoms with Crippen LogP contribution in [0.15, 0.2) is 17.1 Å². The topological polar surface area (TPSA) is 105 Å². The Hall–Kier alpha value is -2.81. The van der Waals surface area contributed by atoms with Gasteiger partial charge in [-0.25, -0.2) is 9.78 Å². The number of esters is 1. The Bertz CT molecular complexity index is 879. The van der Waals surface area contributed by atoms with Gasteiger partial charge < -0.3 is 24.8 Å². The molecule has 9 nitrogen and oxygen atoms in total. The lowest BCUT2D eigenvalue weighted by atomic mass is 10.2. The van der Waals surface area contributed by atoms with Gasteiger partial charge in [-0.3, -0.25) is 9.20 Å². The fourth-order valence-electron chi connectivity index (χ4n) is 2.57. The molecule has 2 aromatic rings. The number of nitrogens with zero attached hydrogens (tertiary/aromatic N) is 3. The molecule has 0 unspecified atom stereocenters. The summed E-state index contributed by atoms with van der Waals surface area (Å²) in [4.78, 5) is 31.6. The number of carbonyl (C=O) groups is 1. The normalized spacial score (nSPS) is 10.8. The summed E-state index contributed by atoms with van der Waals surface area (Å²) in [5.41, 5.74) is 1.01. The summed E-state index contributed by atoms with van der Waals surface area (Å²) in [6.45, 7) is 2.83. The van der Waals surface area contributed by atoms with Crippen molar-refractivity contribution in [1.82, 2.24) is 9.38 Å². The number of carbonyl (C=O) groups excluding carboxylic acids is 1. The van der Waals surface area contributed by atoms with Gasteiger partial charge in [0.1, 0.15) is 0 Å². The molecule has 2 aromatic heterocycles. The van der Waals surface area contributed by atoms with Gasteiger partial charge >= 0.3 is 11.5 Å². The highest BCUT2D eigenvalue weighted by Crippen LogP contribution is 2.24. The van der Waals surface area contributed by atoms with Gasteiger partial charge in [-0.1, -0.05) is 13.3 Å². The lowest BCUT2D eigenvalue weighted by Gasteiger charge is -2.18. The number of rotatable bonds is 10. The average molecular weight is 392 g/mol. The SMILES string of the molecule is CCCCOc1c(C(=O)OC)nc2c(NCCCO)cc(N(C)C)cn2c1=O. The van der Waals surface area contributed by atoms with E-state index in [0.717, 1.165) is 18.5 Å². The third-order valence-electron chi connectivity index (χ3n) is 4.16. The van der Waals surface area contributed by atoms with Gasteiger partial charge in [0, 0.05) is 33.4 Å². The second kappa shape index (κ2) is 9.93. The van der Waals surface area contributed by atoms with E-state index in [4.69, 9.17) is 14.6 Å². The molecule has 0 aliphatic rings. The van der Waals surface area contributed by atoms with Crippen molar-refractivity contribution in [2.45, 2.75) is 26.2 Å². The number of unbranched alkanes of at least 4 members (excludes halogenated alkanes) is 1. The molecule has 2 heterocycles. The quantitative estimate of drug-likeness (QED) is 0.463. The Morgan fingerprint density at radius 2 is 2.11 bits per heavy atom. The maximum atomic E-state index is 13.1. The number of nitrogens with one attached hydrogen (secondary N) is 1. The monoisotopic (exact) mass is 392 g/mol. The third-order valence-corrected chi connectivity index (χ3v) is 4.16. The summed E-state index contributed by atoms with van der Waals surface area (Å²) < 4.78 is 11.8. The fraction of sp³-hybridized carbons (Fsp3) is 0.526. The van der Waals surface area contributed by atoms with E-state index in [0.29, 0.717) is 25.3 Å². The summed E-state index contributed by atoms with van der Waals surface area (Å²) in [7, 11) is 4.95. The first-order chi connectivity index (χ1) is 13.4. The van der Waals surface area contributed by atoms with Gasteiger partial charge in [-0.2, -0.15) is 0 Å². The maximum Gasteiger partial charge on any atom is 0.360 e. The molecular formula is C19H28N4O5. The molecule has 0 amide bonds. The predicted octanol–water partition coefficient (Wildman–Crippen LogP) is 1.52. The van der Waals surface area contributed by atoms with E-state index in [1.54, 1.807) is 6.20 Å². The number of hydrogen-bond acceptors (Lipinski definition) is 8. The van der Waals surface area contributed by atoms with Crippen molar-refractivity contribution >= 4 is 23.0 Å². The summed E-state index contributed by atoms with van der Waals surface area (Å²) in [6.07, 6.45) is 3.81. The number of hydrogen-bond donors (Lipinski definition) is 2. The lowest BCUT2D eigenvalue weighted by Crippen LogP contribution is -2.25. The molecule has 2 rings (SSSR count). The van der Waals surface area contributed by atoms with Gasteiger partial charge in [0.05, 0.1) is 25.1 Å². The van der Waals surface area contributed by atoms with Crippen LogP contribution in [-0.4, -0.2) is 61.4 Å². The first-order valence-electron chi connectivity index (χ1n) is 9.28. The van der Waals surface area contributed by atoms with Crippen molar-refractivity contribution in [2.24, 2.45) is 0 Å². The number of aliphatic hydroxyl groups excluding tert-OH is 1. The van der Waals surface area contributed by atoms with Gasteiger partial charge in [-0.15, -0.1) is 0 Å². The van der Waals surface area contributed by atoms with Crippen LogP contribution in [-0.2, 0) is 4.74 Å². The Morgan fingerprint density at radius 3 is 2.71 bits per heavy atom. The summed E-state index contributed by atoms with van der Waals surface area (Å²) >= 11 is 0. The molecule has 0 aliphatic heterocycles. The van der Waals surface area contributed by atoms with Crippen LogP contribution in [0.5, 0.6) is 5.75 Å². The van der Waals surface area contributed by atoms with Crippen LogP contribution in [0.4, 0.5) is 11.4 Å². The molecule has 0 aliphatic carbocycles. The highest BCUT2D eigenvalue weighted by Gasteiger charge is 2.23. The largest absolute Gasteiger partial charge is 0.486 e. The molecule has 2 N–H and O–H groups in total. The highest BCUT2D eigenvalue weighted by molar-refractivity contribution is 5.91. The number of pyridine rings is 1. The van der Waals surface area contributed by atoms with Gasteiger partial charge in [-0.05, 0) is 18.9 Å². The highest BCUT2D eigenvalue weighted by atomic mass is 16.5. The van der Waals surface area contributed by atoms with Crippen LogP contribution >= 0.6 is 0 Å². The zero-order chi connectivity index (χ0) is 20.7. The molecule has 154 valence electrons. The number of methoxy groups -OCH3 is 1. The lowest BCUT2D eigenvalue weighted by molar-refractivity contribution is 0.0588. The third kappa shape index (κ3) is 4.72. The number of fused-ring (bicyclic) bond motifs is 1. The van der Waals surface area contributed by atoms with E-state index >= 15 is 0 Å². The van der Waals surface area contributed by atoms with Crippen molar-refractivity contribution in [3.63, 3.8) is 0 Å². The smallest absolute Gasteiger partial charge is 0.360 e. The molecule has 0 saturated carbocycles. The number of aliphatic hydroxyl groups is 1. The van der Waals surface area contributed by atoms with Gasteiger partial charge in [0.2, 0.25) is 5.75 Å². The molecule has 0 atom stereocenters. The first-order valence-corrected chi connectivity index (χ1v) is 9.28. The first kappa shape index (κ1) is 21.5. The Labute approximate surface area is 163 Å². The zero-order valence-electron chi connectivity index (χ0n) is 16.8. The average Bonchev–Trinajstić information content (AvgIpc) is 2.69. The number of aromatic nitrogens is 2. The van der Waals surface area contributed by atoms with E-state index in [-0.39, 0.29) is 23.7 Å². The fourth-order valence-corrected chi connectivity index (χ4v) is 2.57. The predicted molar refractivity (Wildman–Crippen MR) is 108 cm³/mol. The van der Waals surface area contributed by atoms with Crippen LogP contribution in [0.3, 0.4) is 0 Å². The molecule has 28 heavy (non-hydrogen) atoms. The van der Waals surface area contributed by atoms with Crippen LogP contribution in [0.2, 0.25) is 0 Å². The number of anilines is 2. The molecule has 0 bridgehead atoms. The van der Waals surface area contributed by atoms with Crippen LogP contribution in [0.1, 0.15) is 36.7 Å². The summed E-state index contributed by atoms with van der Waals surface area (Å²) in [5.74, 6) is -0.848. The van der Waals surface area contributed by atoms with Crippen LogP contribution < -0.4 is 20.5 Å². The second-order valence-corrected chi connectivity index (χ2v) is 6.49.